The van der Waals surface area contributed by atoms with Crippen molar-refractivity contribution in [3.05, 3.63) is 53.3 Å². The van der Waals surface area contributed by atoms with E-state index in [0.717, 1.165) is 49.1 Å². The summed E-state index contributed by atoms with van der Waals surface area (Å²) in [6, 6.07) is 10.8. The van der Waals surface area contributed by atoms with Crippen molar-refractivity contribution < 1.29 is 4.79 Å². The molecule has 4 rings (SSSR count). The van der Waals surface area contributed by atoms with Gasteiger partial charge in [0.2, 0.25) is 5.95 Å². The average Bonchev–Trinajstić information content (AvgIpc) is 2.62. The largest absolute Gasteiger partial charge is 0.341 e. The maximum atomic E-state index is 12.1. The van der Waals surface area contributed by atoms with Crippen LogP contribution in [0.1, 0.15) is 47.8 Å². The van der Waals surface area contributed by atoms with Crippen LogP contribution in [0, 0.1) is 11.8 Å². The number of piperidine rings is 1. The first-order valence-electron chi connectivity index (χ1n) is 9.37. The van der Waals surface area contributed by atoms with Crippen molar-refractivity contribution in [2.75, 3.05) is 18.0 Å². The normalized spacial score (nSPS) is 21.2. The van der Waals surface area contributed by atoms with Crippen molar-refractivity contribution in [3.8, 4) is 0 Å². The van der Waals surface area contributed by atoms with Gasteiger partial charge < -0.3 is 4.90 Å². The Kier molecular flexibility index (Phi) is 4.51. The zero-order valence-electron chi connectivity index (χ0n) is 14.8. The second kappa shape index (κ2) is 6.95. The Balaban J connectivity index is 1.41. The Bertz CT molecular complexity index is 751. The molecule has 1 aromatic carbocycles. The molecule has 0 amide bonds. The molecule has 2 aliphatic rings. The number of hydrogen-bond acceptors (Lipinski definition) is 4. The van der Waals surface area contributed by atoms with Gasteiger partial charge in [-0.15, -0.1) is 0 Å². The number of hydrogen-bond donors (Lipinski definition) is 0. The smallest absolute Gasteiger partial charge is 0.225 e. The lowest BCUT2D eigenvalue weighted by molar-refractivity contribution is 0.0951. The van der Waals surface area contributed by atoms with Crippen LogP contribution >= 0.6 is 0 Å². The molecule has 0 N–H and O–H groups in total. The lowest BCUT2D eigenvalue weighted by Gasteiger charge is -2.32. The van der Waals surface area contributed by atoms with E-state index in [-0.39, 0.29) is 5.78 Å². The lowest BCUT2D eigenvalue weighted by Crippen LogP contribution is -2.36. The van der Waals surface area contributed by atoms with E-state index in [4.69, 9.17) is 4.98 Å². The minimum absolute atomic E-state index is 0.196. The van der Waals surface area contributed by atoms with Gasteiger partial charge in [0.05, 0.1) is 11.3 Å². The first-order chi connectivity index (χ1) is 12.2. The van der Waals surface area contributed by atoms with Crippen molar-refractivity contribution in [3.63, 3.8) is 0 Å². The second-order valence-electron chi connectivity index (χ2n) is 7.59. The molecule has 0 saturated carbocycles. The molecular formula is C21H25N3O. The Morgan fingerprint density at radius 2 is 1.88 bits per heavy atom. The number of rotatable bonds is 3. The molecule has 4 nitrogen and oxygen atoms in total. The third-order valence-electron chi connectivity index (χ3n) is 5.50. The predicted molar refractivity (Wildman–Crippen MR) is 98.9 cm³/mol. The number of carbonyl (C=O) groups is 1. The second-order valence-corrected chi connectivity index (χ2v) is 7.59. The number of nitrogens with zero attached hydrogens (tertiary/aromatic N) is 3. The highest BCUT2D eigenvalue weighted by Gasteiger charge is 2.26. The zero-order valence-corrected chi connectivity index (χ0v) is 14.8. The molecule has 1 atom stereocenters. The van der Waals surface area contributed by atoms with E-state index in [0.29, 0.717) is 12.3 Å². The van der Waals surface area contributed by atoms with Gasteiger partial charge in [-0.2, -0.15) is 0 Å². The summed E-state index contributed by atoms with van der Waals surface area (Å²) in [6.07, 6.45) is 6.77. The Hall–Kier alpha value is -2.23. The van der Waals surface area contributed by atoms with E-state index >= 15 is 0 Å². The van der Waals surface area contributed by atoms with Crippen molar-refractivity contribution >= 4 is 11.7 Å². The molecule has 1 fully saturated rings. The summed E-state index contributed by atoms with van der Waals surface area (Å²) in [7, 11) is 0. The van der Waals surface area contributed by atoms with Crippen LogP contribution in [0.25, 0.3) is 0 Å². The van der Waals surface area contributed by atoms with Crippen LogP contribution in [0.15, 0.2) is 36.5 Å². The third-order valence-corrected chi connectivity index (χ3v) is 5.50. The van der Waals surface area contributed by atoms with Gasteiger partial charge in [-0.05, 0) is 43.1 Å². The summed E-state index contributed by atoms with van der Waals surface area (Å²) < 4.78 is 0. The number of fused-ring (bicyclic) bond motifs is 1. The molecule has 1 aliphatic carbocycles. The molecule has 1 saturated heterocycles. The van der Waals surface area contributed by atoms with Crippen LogP contribution in [-0.4, -0.2) is 28.8 Å². The maximum absolute atomic E-state index is 12.1. The van der Waals surface area contributed by atoms with Crippen LogP contribution in [0.2, 0.25) is 0 Å². The molecule has 0 bridgehead atoms. The van der Waals surface area contributed by atoms with Crippen molar-refractivity contribution in [2.45, 2.75) is 39.0 Å². The third kappa shape index (κ3) is 3.58. The van der Waals surface area contributed by atoms with Gasteiger partial charge in [-0.3, -0.25) is 4.79 Å². The quantitative estimate of drug-likeness (QED) is 0.858. The SMILES string of the molecule is C[C@@H]1CC(=O)c2cnc(N3CCC(Cc4ccccc4)CC3)nc2C1. The van der Waals surface area contributed by atoms with Gasteiger partial charge in [0.15, 0.2) is 5.78 Å². The van der Waals surface area contributed by atoms with Crippen molar-refractivity contribution in [1.29, 1.82) is 0 Å². The van der Waals surface area contributed by atoms with Crippen molar-refractivity contribution in [1.82, 2.24) is 9.97 Å². The first kappa shape index (κ1) is 16.2. The maximum Gasteiger partial charge on any atom is 0.225 e. The fraction of sp³-hybridized carbons (Fsp3) is 0.476. The number of Topliss-reactive ketones (excluding diaryl/α,β-unsaturated/α-hetero) is 1. The molecular weight excluding hydrogens is 310 g/mol. The molecule has 2 aromatic rings. The number of carbonyl (C=O) groups excluding carboxylic acids is 1. The average molecular weight is 335 g/mol. The van der Waals surface area contributed by atoms with E-state index in [2.05, 4.69) is 47.1 Å². The van der Waals surface area contributed by atoms with E-state index in [1.807, 2.05) is 0 Å². The van der Waals surface area contributed by atoms with Gasteiger partial charge in [0.25, 0.3) is 0 Å². The topological polar surface area (TPSA) is 46.1 Å². The summed E-state index contributed by atoms with van der Waals surface area (Å²) in [5, 5.41) is 0. The molecule has 1 aliphatic heterocycles. The summed E-state index contributed by atoms with van der Waals surface area (Å²) in [4.78, 5) is 23.6. The lowest BCUT2D eigenvalue weighted by atomic mass is 9.88. The van der Waals surface area contributed by atoms with Gasteiger partial charge in [-0.1, -0.05) is 37.3 Å². The fourth-order valence-corrected chi connectivity index (χ4v) is 4.06. The van der Waals surface area contributed by atoms with Gasteiger partial charge in [0.1, 0.15) is 0 Å². The number of anilines is 1. The minimum atomic E-state index is 0.196. The fourth-order valence-electron chi connectivity index (χ4n) is 4.06. The highest BCUT2D eigenvalue weighted by molar-refractivity contribution is 5.98. The molecule has 1 aromatic heterocycles. The van der Waals surface area contributed by atoms with Gasteiger partial charge >= 0.3 is 0 Å². The summed E-state index contributed by atoms with van der Waals surface area (Å²) in [5.41, 5.74) is 3.11. The molecule has 0 radical (unpaired) electrons. The number of benzene rings is 1. The predicted octanol–water partition coefficient (Wildman–Crippen LogP) is 3.70. The van der Waals surface area contributed by atoms with E-state index in [1.165, 1.54) is 18.4 Å². The Morgan fingerprint density at radius 1 is 1.12 bits per heavy atom. The summed E-state index contributed by atoms with van der Waals surface area (Å²) >= 11 is 0. The van der Waals surface area contributed by atoms with Crippen LogP contribution in [0.3, 0.4) is 0 Å². The summed E-state index contributed by atoms with van der Waals surface area (Å²) in [5.74, 6) is 2.12. The molecule has 0 spiro atoms. The van der Waals surface area contributed by atoms with Crippen LogP contribution < -0.4 is 4.90 Å². The summed E-state index contributed by atoms with van der Waals surface area (Å²) in [6.45, 7) is 4.12. The van der Waals surface area contributed by atoms with Crippen molar-refractivity contribution in [2.24, 2.45) is 11.8 Å². The van der Waals surface area contributed by atoms with E-state index in [1.54, 1.807) is 6.20 Å². The highest BCUT2D eigenvalue weighted by atomic mass is 16.1. The molecule has 0 unspecified atom stereocenters. The standard InChI is InChI=1S/C21H25N3O/c1-15-11-19-18(20(25)12-15)14-22-21(23-19)24-9-7-17(8-10-24)13-16-5-3-2-4-6-16/h2-6,14-15,17H,7-13H2,1H3/t15-/m0/s1. The van der Waals surface area contributed by atoms with Crippen LogP contribution in [0.4, 0.5) is 5.95 Å². The molecule has 2 heterocycles. The van der Waals surface area contributed by atoms with Gasteiger partial charge in [-0.25, -0.2) is 9.97 Å². The minimum Gasteiger partial charge on any atom is -0.341 e. The zero-order chi connectivity index (χ0) is 17.2. The number of aromatic nitrogens is 2. The van der Waals surface area contributed by atoms with Crippen LogP contribution in [0.5, 0.6) is 0 Å². The highest BCUT2D eigenvalue weighted by Crippen LogP contribution is 2.27. The van der Waals surface area contributed by atoms with E-state index < -0.39 is 0 Å². The van der Waals surface area contributed by atoms with E-state index in [9.17, 15) is 4.79 Å². The van der Waals surface area contributed by atoms with Gasteiger partial charge in [0, 0.05) is 25.7 Å². The van der Waals surface area contributed by atoms with Crippen LogP contribution in [-0.2, 0) is 12.8 Å². The Morgan fingerprint density at radius 3 is 2.64 bits per heavy atom. The molecule has 25 heavy (non-hydrogen) atoms. The Labute approximate surface area is 149 Å². The number of ketones is 1. The monoisotopic (exact) mass is 335 g/mol. The molecule has 4 heteroatoms. The first-order valence-corrected chi connectivity index (χ1v) is 9.37. The molecule has 130 valence electrons.